The highest BCUT2D eigenvalue weighted by molar-refractivity contribution is 5.95. The molecular formula is C15H19N5O2. The second-order valence-electron chi connectivity index (χ2n) is 5.58. The zero-order valence-corrected chi connectivity index (χ0v) is 12.6. The standard InChI is InChI=1S/C15H19N5O2/c1-9-5-10(2)20(19-9)14-4-3-11(7-17-14)18-15(22)13-6-12(21)8-16-13/h3-5,7,12-13,16,21H,6,8H2,1-2H3,(H,18,22). The van der Waals surface area contributed by atoms with Crippen molar-refractivity contribution >= 4 is 11.6 Å². The first-order valence-corrected chi connectivity index (χ1v) is 7.25. The van der Waals surface area contributed by atoms with Crippen molar-refractivity contribution < 1.29 is 9.90 Å². The largest absolute Gasteiger partial charge is 0.392 e. The van der Waals surface area contributed by atoms with Crippen molar-refractivity contribution in [1.82, 2.24) is 20.1 Å². The van der Waals surface area contributed by atoms with Crippen LogP contribution in [0.3, 0.4) is 0 Å². The van der Waals surface area contributed by atoms with E-state index in [4.69, 9.17) is 0 Å². The van der Waals surface area contributed by atoms with Gasteiger partial charge in [-0.15, -0.1) is 0 Å². The lowest BCUT2D eigenvalue weighted by Crippen LogP contribution is -2.35. The minimum atomic E-state index is -0.456. The number of aryl methyl sites for hydroxylation is 2. The molecule has 3 rings (SSSR count). The summed E-state index contributed by atoms with van der Waals surface area (Å²) in [6.07, 6.45) is 1.58. The average Bonchev–Trinajstić information content (AvgIpc) is 3.05. The molecule has 0 saturated carbocycles. The van der Waals surface area contributed by atoms with Gasteiger partial charge in [0.2, 0.25) is 5.91 Å². The van der Waals surface area contributed by atoms with Crippen LogP contribution in [-0.2, 0) is 4.79 Å². The first-order chi connectivity index (χ1) is 10.5. The van der Waals surface area contributed by atoms with E-state index in [1.807, 2.05) is 26.0 Å². The number of hydrogen-bond acceptors (Lipinski definition) is 5. The quantitative estimate of drug-likeness (QED) is 0.770. The molecule has 1 aliphatic rings. The van der Waals surface area contributed by atoms with Crippen LogP contribution in [0.2, 0.25) is 0 Å². The summed E-state index contributed by atoms with van der Waals surface area (Å²) in [5.74, 6) is 0.551. The monoisotopic (exact) mass is 301 g/mol. The summed E-state index contributed by atoms with van der Waals surface area (Å²) in [5, 5.41) is 19.6. The van der Waals surface area contributed by atoms with Gasteiger partial charge >= 0.3 is 0 Å². The molecule has 2 aromatic heterocycles. The third-order valence-corrected chi connectivity index (χ3v) is 3.67. The predicted octanol–water partition coefficient (Wildman–Crippen LogP) is 0.545. The molecule has 0 bridgehead atoms. The number of pyridine rings is 1. The summed E-state index contributed by atoms with van der Waals surface area (Å²) in [6, 6.07) is 5.23. The van der Waals surface area contributed by atoms with Gasteiger partial charge in [-0.3, -0.25) is 4.79 Å². The summed E-state index contributed by atoms with van der Waals surface area (Å²) in [7, 11) is 0. The highest BCUT2D eigenvalue weighted by Gasteiger charge is 2.27. The van der Waals surface area contributed by atoms with Gasteiger partial charge in [0.25, 0.3) is 0 Å². The molecule has 22 heavy (non-hydrogen) atoms. The minimum absolute atomic E-state index is 0.155. The molecule has 0 aromatic carbocycles. The molecule has 2 aromatic rings. The topological polar surface area (TPSA) is 92.1 Å². The van der Waals surface area contributed by atoms with Crippen molar-refractivity contribution in [3.8, 4) is 5.82 Å². The Kier molecular flexibility index (Phi) is 3.91. The molecule has 116 valence electrons. The molecule has 0 radical (unpaired) electrons. The van der Waals surface area contributed by atoms with Crippen molar-refractivity contribution in [2.24, 2.45) is 0 Å². The molecular weight excluding hydrogens is 282 g/mol. The molecule has 1 fully saturated rings. The van der Waals surface area contributed by atoms with Crippen molar-refractivity contribution in [3.05, 3.63) is 35.8 Å². The zero-order valence-electron chi connectivity index (χ0n) is 12.6. The Hall–Kier alpha value is -2.25. The highest BCUT2D eigenvalue weighted by Crippen LogP contribution is 2.14. The van der Waals surface area contributed by atoms with Crippen LogP contribution in [0.15, 0.2) is 24.4 Å². The number of hydrogen-bond donors (Lipinski definition) is 3. The Morgan fingerprint density at radius 1 is 1.45 bits per heavy atom. The van der Waals surface area contributed by atoms with E-state index in [1.54, 1.807) is 16.9 Å². The van der Waals surface area contributed by atoms with Crippen molar-refractivity contribution in [1.29, 1.82) is 0 Å². The summed E-state index contributed by atoms with van der Waals surface area (Å²) in [4.78, 5) is 16.4. The molecule has 2 atom stereocenters. The van der Waals surface area contributed by atoms with E-state index in [9.17, 15) is 9.90 Å². The summed E-state index contributed by atoms with van der Waals surface area (Å²) in [5.41, 5.74) is 2.56. The van der Waals surface area contributed by atoms with Crippen LogP contribution in [-0.4, -0.2) is 44.5 Å². The van der Waals surface area contributed by atoms with Gasteiger partial charge in [-0.05, 0) is 38.5 Å². The van der Waals surface area contributed by atoms with Crippen LogP contribution in [0.1, 0.15) is 17.8 Å². The van der Waals surface area contributed by atoms with Gasteiger partial charge in [0.15, 0.2) is 5.82 Å². The van der Waals surface area contributed by atoms with Crippen LogP contribution in [0, 0.1) is 13.8 Å². The van der Waals surface area contributed by atoms with Gasteiger partial charge in [-0.1, -0.05) is 0 Å². The smallest absolute Gasteiger partial charge is 0.241 e. The van der Waals surface area contributed by atoms with Gasteiger partial charge < -0.3 is 15.7 Å². The van der Waals surface area contributed by atoms with Crippen LogP contribution in [0.4, 0.5) is 5.69 Å². The van der Waals surface area contributed by atoms with Crippen LogP contribution < -0.4 is 10.6 Å². The Morgan fingerprint density at radius 2 is 2.27 bits per heavy atom. The van der Waals surface area contributed by atoms with E-state index in [2.05, 4.69) is 20.7 Å². The highest BCUT2D eigenvalue weighted by atomic mass is 16.3. The fourth-order valence-electron chi connectivity index (χ4n) is 2.59. The van der Waals surface area contributed by atoms with Gasteiger partial charge in [-0.2, -0.15) is 5.10 Å². The van der Waals surface area contributed by atoms with Crippen LogP contribution in [0.5, 0.6) is 0 Å². The molecule has 1 amide bonds. The first kappa shape index (κ1) is 14.7. The maximum atomic E-state index is 12.0. The molecule has 3 N–H and O–H groups in total. The lowest BCUT2D eigenvalue weighted by Gasteiger charge is -2.11. The molecule has 1 saturated heterocycles. The fourth-order valence-corrected chi connectivity index (χ4v) is 2.59. The van der Waals surface area contributed by atoms with E-state index in [0.29, 0.717) is 24.5 Å². The van der Waals surface area contributed by atoms with E-state index < -0.39 is 6.10 Å². The molecule has 3 heterocycles. The third kappa shape index (κ3) is 3.00. The Bertz CT molecular complexity index is 680. The summed E-state index contributed by atoms with van der Waals surface area (Å²) >= 11 is 0. The minimum Gasteiger partial charge on any atom is -0.392 e. The van der Waals surface area contributed by atoms with Crippen molar-refractivity contribution in [2.45, 2.75) is 32.4 Å². The summed E-state index contributed by atoms with van der Waals surface area (Å²) < 4.78 is 1.76. The molecule has 7 nitrogen and oxygen atoms in total. The fraction of sp³-hybridized carbons (Fsp3) is 0.400. The number of β-amino-alcohol motifs (C(OH)–C–C–N with tert-alkyl or cyclic N) is 1. The second-order valence-corrected chi connectivity index (χ2v) is 5.58. The molecule has 7 heteroatoms. The SMILES string of the molecule is Cc1cc(C)n(-c2ccc(NC(=O)C3CC(O)CN3)cn2)n1. The summed E-state index contributed by atoms with van der Waals surface area (Å²) in [6.45, 7) is 4.35. The van der Waals surface area contributed by atoms with Crippen LogP contribution >= 0.6 is 0 Å². The number of rotatable bonds is 3. The van der Waals surface area contributed by atoms with E-state index >= 15 is 0 Å². The lowest BCUT2D eigenvalue weighted by atomic mass is 10.2. The molecule has 0 aliphatic carbocycles. The van der Waals surface area contributed by atoms with Crippen molar-refractivity contribution in [2.75, 3.05) is 11.9 Å². The number of aromatic nitrogens is 3. The Balaban J connectivity index is 1.69. The molecule has 0 spiro atoms. The lowest BCUT2D eigenvalue weighted by molar-refractivity contribution is -0.117. The van der Waals surface area contributed by atoms with Gasteiger partial charge in [0.1, 0.15) is 0 Å². The number of amides is 1. The first-order valence-electron chi connectivity index (χ1n) is 7.25. The van der Waals surface area contributed by atoms with Gasteiger partial charge in [0, 0.05) is 12.2 Å². The van der Waals surface area contributed by atoms with Gasteiger partial charge in [-0.25, -0.2) is 9.67 Å². The maximum absolute atomic E-state index is 12.0. The number of carbonyl (C=O) groups excluding carboxylic acids is 1. The van der Waals surface area contributed by atoms with Crippen LogP contribution in [0.25, 0.3) is 5.82 Å². The number of carbonyl (C=O) groups is 1. The average molecular weight is 301 g/mol. The number of anilines is 1. The number of aliphatic hydroxyl groups excluding tert-OH is 1. The third-order valence-electron chi connectivity index (χ3n) is 3.67. The Labute approximate surface area is 128 Å². The van der Waals surface area contributed by atoms with E-state index in [1.165, 1.54) is 0 Å². The normalized spacial score (nSPS) is 21.0. The predicted molar refractivity (Wildman–Crippen MR) is 81.9 cm³/mol. The zero-order chi connectivity index (χ0) is 15.7. The van der Waals surface area contributed by atoms with Gasteiger partial charge in [0.05, 0.1) is 29.7 Å². The van der Waals surface area contributed by atoms with E-state index in [-0.39, 0.29) is 11.9 Å². The number of nitrogens with one attached hydrogen (secondary N) is 2. The second kappa shape index (κ2) is 5.86. The maximum Gasteiger partial charge on any atom is 0.241 e. The molecule has 2 unspecified atom stereocenters. The van der Waals surface area contributed by atoms with Crippen molar-refractivity contribution in [3.63, 3.8) is 0 Å². The number of nitrogens with zero attached hydrogens (tertiary/aromatic N) is 3. The van der Waals surface area contributed by atoms with E-state index in [0.717, 1.165) is 11.4 Å². The Morgan fingerprint density at radius 3 is 2.82 bits per heavy atom. The molecule has 1 aliphatic heterocycles. The number of aliphatic hydroxyl groups is 1.